The number of nitrogens with one attached hydrogen (secondary N) is 2. The molecule has 0 aromatic carbocycles. The molecule has 22 heavy (non-hydrogen) atoms. The molecule has 6 heteroatoms. The predicted molar refractivity (Wildman–Crippen MR) is 91.0 cm³/mol. The summed E-state index contributed by atoms with van der Waals surface area (Å²) in [7, 11) is 0. The molecule has 1 aromatic rings. The Labute approximate surface area is 136 Å². The van der Waals surface area contributed by atoms with Gasteiger partial charge in [-0.05, 0) is 45.1 Å². The molecule has 1 aliphatic rings. The van der Waals surface area contributed by atoms with E-state index in [-0.39, 0.29) is 11.6 Å². The van der Waals surface area contributed by atoms with Crippen LogP contribution in [0.25, 0.3) is 0 Å². The highest BCUT2D eigenvalue weighted by molar-refractivity contribution is 7.10. The Kier molecular flexibility index (Phi) is 5.34. The highest BCUT2D eigenvalue weighted by Gasteiger charge is 2.34. The number of amides is 1. The molecule has 0 radical (unpaired) electrons. The fourth-order valence-electron chi connectivity index (χ4n) is 2.79. The second-order valence-corrected chi connectivity index (χ2v) is 8.00. The first-order chi connectivity index (χ1) is 10.3. The summed E-state index contributed by atoms with van der Waals surface area (Å²) in [6, 6.07) is 1.93. The van der Waals surface area contributed by atoms with Crippen LogP contribution in [-0.4, -0.2) is 23.8 Å². The summed E-state index contributed by atoms with van der Waals surface area (Å²) in [5.41, 5.74) is 6.26. The van der Waals surface area contributed by atoms with Gasteiger partial charge in [0.25, 0.3) is 0 Å². The third kappa shape index (κ3) is 4.88. The van der Waals surface area contributed by atoms with E-state index in [9.17, 15) is 4.79 Å². The number of hydrogen-bond acceptors (Lipinski definition) is 5. The minimum absolute atomic E-state index is 0.0483. The number of nitrogens with two attached hydrogens (primary N) is 1. The van der Waals surface area contributed by atoms with Crippen LogP contribution < -0.4 is 16.4 Å². The monoisotopic (exact) mass is 325 g/mol. The van der Waals surface area contributed by atoms with Gasteiger partial charge in [-0.25, -0.2) is 4.79 Å². The normalized spacial score (nSPS) is 17.4. The quantitative estimate of drug-likeness (QED) is 0.776. The van der Waals surface area contributed by atoms with E-state index in [0.29, 0.717) is 6.54 Å². The average molecular weight is 325 g/mol. The van der Waals surface area contributed by atoms with Crippen LogP contribution in [0.15, 0.2) is 11.4 Å². The lowest BCUT2D eigenvalue weighted by Crippen LogP contribution is -2.51. The molecule has 1 saturated carbocycles. The maximum Gasteiger partial charge on any atom is 0.407 e. The maximum atomic E-state index is 11.9. The molecule has 0 saturated heterocycles. The van der Waals surface area contributed by atoms with Gasteiger partial charge in [0.05, 0.1) is 0 Å². The SMILES string of the molecule is CC(C)(C)OC(=O)NCC1(NCc2sccc2N)CCCC1. The predicted octanol–water partition coefficient (Wildman–Crippen LogP) is 3.26. The Balaban J connectivity index is 1.88. The van der Waals surface area contributed by atoms with Crippen molar-refractivity contribution < 1.29 is 9.53 Å². The fraction of sp³-hybridized carbons (Fsp3) is 0.688. The number of thiophene rings is 1. The number of carbonyl (C=O) groups excluding carboxylic acids is 1. The van der Waals surface area contributed by atoms with E-state index >= 15 is 0 Å². The largest absolute Gasteiger partial charge is 0.444 e. The van der Waals surface area contributed by atoms with Gasteiger partial charge >= 0.3 is 6.09 Å². The summed E-state index contributed by atoms with van der Waals surface area (Å²) >= 11 is 1.66. The molecule has 124 valence electrons. The number of anilines is 1. The number of ether oxygens (including phenoxy) is 1. The van der Waals surface area contributed by atoms with Crippen LogP contribution >= 0.6 is 11.3 Å². The van der Waals surface area contributed by atoms with Crippen LogP contribution in [0, 0.1) is 0 Å². The molecule has 1 heterocycles. The van der Waals surface area contributed by atoms with Crippen LogP contribution in [0.1, 0.15) is 51.3 Å². The van der Waals surface area contributed by atoms with Gasteiger partial charge in [0.15, 0.2) is 0 Å². The number of rotatable bonds is 5. The van der Waals surface area contributed by atoms with E-state index in [1.165, 1.54) is 12.8 Å². The molecule has 5 nitrogen and oxygen atoms in total. The van der Waals surface area contributed by atoms with Crippen molar-refractivity contribution in [1.29, 1.82) is 0 Å². The minimum Gasteiger partial charge on any atom is -0.444 e. The van der Waals surface area contributed by atoms with Gasteiger partial charge in [0.1, 0.15) is 5.60 Å². The summed E-state index contributed by atoms with van der Waals surface area (Å²) in [4.78, 5) is 13.0. The summed E-state index contributed by atoms with van der Waals surface area (Å²) in [6.07, 6.45) is 4.14. The zero-order valence-corrected chi connectivity index (χ0v) is 14.5. The van der Waals surface area contributed by atoms with Crippen molar-refractivity contribution in [2.75, 3.05) is 12.3 Å². The Morgan fingerprint density at radius 2 is 2.09 bits per heavy atom. The molecule has 1 aromatic heterocycles. The molecule has 0 atom stereocenters. The van der Waals surface area contributed by atoms with Gasteiger partial charge in [0, 0.05) is 29.2 Å². The molecule has 4 N–H and O–H groups in total. The van der Waals surface area contributed by atoms with Crippen molar-refractivity contribution in [3.8, 4) is 0 Å². The lowest BCUT2D eigenvalue weighted by molar-refractivity contribution is 0.0509. The molecule has 1 fully saturated rings. The smallest absolute Gasteiger partial charge is 0.407 e. The Hall–Kier alpha value is -1.27. The van der Waals surface area contributed by atoms with Crippen molar-refractivity contribution in [3.05, 3.63) is 16.3 Å². The van der Waals surface area contributed by atoms with E-state index < -0.39 is 5.60 Å². The molecule has 2 rings (SSSR count). The first-order valence-electron chi connectivity index (χ1n) is 7.83. The van der Waals surface area contributed by atoms with Gasteiger partial charge in [-0.1, -0.05) is 12.8 Å². The number of carbonyl (C=O) groups is 1. The second-order valence-electron chi connectivity index (χ2n) is 7.00. The first-order valence-corrected chi connectivity index (χ1v) is 8.71. The topological polar surface area (TPSA) is 76.4 Å². The van der Waals surface area contributed by atoms with Gasteiger partial charge in [-0.2, -0.15) is 0 Å². The zero-order valence-electron chi connectivity index (χ0n) is 13.7. The fourth-order valence-corrected chi connectivity index (χ4v) is 3.52. The molecule has 1 aliphatic carbocycles. The van der Waals surface area contributed by atoms with Gasteiger partial charge in [-0.15, -0.1) is 11.3 Å². The lowest BCUT2D eigenvalue weighted by atomic mass is 9.97. The van der Waals surface area contributed by atoms with Gasteiger partial charge in [0.2, 0.25) is 0 Å². The van der Waals surface area contributed by atoms with E-state index in [4.69, 9.17) is 10.5 Å². The molecule has 0 aliphatic heterocycles. The summed E-state index contributed by atoms with van der Waals surface area (Å²) in [6.45, 7) is 6.95. The van der Waals surface area contributed by atoms with E-state index in [1.54, 1.807) is 11.3 Å². The van der Waals surface area contributed by atoms with Crippen LogP contribution in [0.5, 0.6) is 0 Å². The van der Waals surface area contributed by atoms with Crippen LogP contribution in [0.2, 0.25) is 0 Å². The first kappa shape index (κ1) is 17.1. The van der Waals surface area contributed by atoms with E-state index in [2.05, 4.69) is 10.6 Å². The molecular formula is C16H27N3O2S. The number of hydrogen-bond donors (Lipinski definition) is 3. The van der Waals surface area contributed by atoms with E-state index in [1.807, 2.05) is 32.2 Å². The van der Waals surface area contributed by atoms with Crippen molar-refractivity contribution in [2.24, 2.45) is 0 Å². The van der Waals surface area contributed by atoms with Gasteiger partial charge < -0.3 is 21.1 Å². The zero-order chi connectivity index (χ0) is 16.2. The Bertz CT molecular complexity index is 502. The molecule has 0 bridgehead atoms. The highest BCUT2D eigenvalue weighted by atomic mass is 32.1. The summed E-state index contributed by atoms with van der Waals surface area (Å²) in [5, 5.41) is 8.54. The number of nitrogen functional groups attached to an aromatic ring is 1. The van der Waals surface area contributed by atoms with E-state index in [0.717, 1.165) is 30.0 Å². The molecule has 1 amide bonds. The Morgan fingerprint density at radius 3 is 2.64 bits per heavy atom. The van der Waals surface area contributed by atoms with Crippen molar-refractivity contribution >= 4 is 23.1 Å². The molecular weight excluding hydrogens is 298 g/mol. The molecule has 0 unspecified atom stereocenters. The maximum absolute atomic E-state index is 11.9. The highest BCUT2D eigenvalue weighted by Crippen LogP contribution is 2.30. The van der Waals surface area contributed by atoms with Crippen molar-refractivity contribution in [2.45, 2.75) is 64.1 Å². The summed E-state index contributed by atoms with van der Waals surface area (Å²) < 4.78 is 5.32. The van der Waals surface area contributed by atoms with Crippen molar-refractivity contribution in [3.63, 3.8) is 0 Å². The van der Waals surface area contributed by atoms with Crippen molar-refractivity contribution in [1.82, 2.24) is 10.6 Å². The molecule has 0 spiro atoms. The average Bonchev–Trinajstić information content (AvgIpc) is 3.02. The summed E-state index contributed by atoms with van der Waals surface area (Å²) in [5.74, 6) is 0. The van der Waals surface area contributed by atoms with Crippen LogP contribution in [0.3, 0.4) is 0 Å². The standard InChI is InChI=1S/C16H27N3O2S/c1-15(2,3)21-14(20)18-11-16(7-4-5-8-16)19-10-13-12(17)6-9-22-13/h6,9,19H,4-5,7-8,10-11,17H2,1-3H3,(H,18,20). The number of alkyl carbamates (subject to hydrolysis) is 1. The lowest BCUT2D eigenvalue weighted by Gasteiger charge is -2.31. The van der Waals surface area contributed by atoms with Crippen LogP contribution in [0.4, 0.5) is 10.5 Å². The third-order valence-electron chi connectivity index (χ3n) is 3.93. The van der Waals surface area contributed by atoms with Gasteiger partial charge in [-0.3, -0.25) is 0 Å². The Morgan fingerprint density at radius 1 is 1.41 bits per heavy atom. The minimum atomic E-state index is -0.466. The third-order valence-corrected chi connectivity index (χ3v) is 4.87. The van der Waals surface area contributed by atoms with Crippen LogP contribution in [-0.2, 0) is 11.3 Å². The second kappa shape index (κ2) is 6.87.